The smallest absolute Gasteiger partial charge is 0.334 e. The van der Waals surface area contributed by atoms with E-state index in [1.54, 1.807) is 0 Å². The fourth-order valence-corrected chi connectivity index (χ4v) is 13.7. The quantitative estimate of drug-likeness (QED) is 0.190. The molecule has 0 radical (unpaired) electrons. The Bertz CT molecular complexity index is 377. The number of rotatable bonds is 20. The van der Waals surface area contributed by atoms with Crippen LogP contribution in [0.4, 0.5) is 0 Å². The molecule has 182 valence electrons. The predicted molar refractivity (Wildman–Crippen MR) is 137 cm³/mol. The van der Waals surface area contributed by atoms with Crippen molar-refractivity contribution in [3.63, 3.8) is 0 Å². The third kappa shape index (κ3) is 10.4. The summed E-state index contributed by atoms with van der Waals surface area (Å²) >= 11 is 0. The molecule has 0 bridgehead atoms. The lowest BCUT2D eigenvalue weighted by atomic mass is 10.4. The van der Waals surface area contributed by atoms with Gasteiger partial charge in [-0.15, -0.1) is 0 Å². The van der Waals surface area contributed by atoms with Crippen molar-refractivity contribution < 1.29 is 17.7 Å². The molecule has 0 aliphatic carbocycles. The average molecular weight is 480 g/mol. The molecule has 0 unspecified atom stereocenters. The monoisotopic (exact) mass is 479 g/mol. The van der Waals surface area contributed by atoms with Crippen molar-refractivity contribution in [3.8, 4) is 0 Å². The highest BCUT2D eigenvalue weighted by atomic mass is 28.4. The minimum atomic E-state index is -2.03. The van der Waals surface area contributed by atoms with Gasteiger partial charge in [0.1, 0.15) is 8.24 Å². The first-order valence-electron chi connectivity index (χ1n) is 12.5. The Kier molecular flexibility index (Phi) is 16.4. The zero-order chi connectivity index (χ0) is 23.1. The third-order valence-corrected chi connectivity index (χ3v) is 18.4. The first-order chi connectivity index (χ1) is 14.2. The van der Waals surface area contributed by atoms with Crippen LogP contribution in [0.25, 0.3) is 0 Å². The summed E-state index contributed by atoms with van der Waals surface area (Å²) in [6, 6.07) is 6.15. The van der Waals surface area contributed by atoms with Crippen molar-refractivity contribution >= 4 is 25.4 Å². The lowest BCUT2D eigenvalue weighted by molar-refractivity contribution is 0.186. The molecule has 5 nitrogen and oxygen atoms in total. The van der Waals surface area contributed by atoms with Gasteiger partial charge in [-0.1, -0.05) is 20.8 Å². The van der Waals surface area contributed by atoms with Gasteiger partial charge >= 0.3 is 17.1 Å². The molecule has 0 amide bonds. The molecular weight excluding hydrogens is 427 g/mol. The molecule has 0 atom stereocenters. The van der Waals surface area contributed by atoms with Crippen molar-refractivity contribution in [2.75, 3.05) is 39.5 Å². The third-order valence-electron chi connectivity index (χ3n) is 6.56. The molecule has 8 heteroatoms. The average Bonchev–Trinajstić information content (AvgIpc) is 2.70. The second-order valence-corrected chi connectivity index (χ2v) is 20.4. The van der Waals surface area contributed by atoms with Gasteiger partial charge in [0.15, 0.2) is 0 Å². The fourth-order valence-electron chi connectivity index (χ4n) is 4.78. The van der Waals surface area contributed by atoms with E-state index < -0.39 is 25.4 Å². The van der Waals surface area contributed by atoms with Gasteiger partial charge in [-0.05, 0) is 96.9 Å². The Morgan fingerprint density at radius 2 is 0.833 bits per heavy atom. The van der Waals surface area contributed by atoms with Crippen molar-refractivity contribution in [1.82, 2.24) is 4.57 Å². The van der Waals surface area contributed by atoms with E-state index in [1.807, 2.05) is 0 Å². The first kappa shape index (κ1) is 30.5. The van der Waals surface area contributed by atoms with Crippen molar-refractivity contribution in [3.05, 3.63) is 0 Å². The molecule has 0 aromatic rings. The van der Waals surface area contributed by atoms with Crippen LogP contribution < -0.4 is 0 Å². The summed E-state index contributed by atoms with van der Waals surface area (Å²) < 4.78 is 27.2. The molecule has 0 aliphatic heterocycles. The number of hydrogen-bond donors (Lipinski definition) is 0. The highest BCUT2D eigenvalue weighted by Gasteiger charge is 2.37. The van der Waals surface area contributed by atoms with E-state index >= 15 is 0 Å². The Balaban J connectivity index is 5.13. The Labute approximate surface area is 191 Å². The molecular formula is C22H53NO4Si3. The van der Waals surface area contributed by atoms with Crippen LogP contribution in [0.2, 0.25) is 43.3 Å². The summed E-state index contributed by atoms with van der Waals surface area (Å²) in [7, 11) is -5.48. The van der Waals surface area contributed by atoms with E-state index in [0.29, 0.717) is 0 Å². The van der Waals surface area contributed by atoms with Crippen LogP contribution in [0.3, 0.4) is 0 Å². The van der Waals surface area contributed by atoms with Crippen molar-refractivity contribution in [1.29, 1.82) is 0 Å². The summed E-state index contributed by atoms with van der Waals surface area (Å²) in [5.41, 5.74) is 0. The highest BCUT2D eigenvalue weighted by molar-refractivity contribution is 6.77. The van der Waals surface area contributed by atoms with Gasteiger partial charge in [0, 0.05) is 26.4 Å². The summed E-state index contributed by atoms with van der Waals surface area (Å²) in [4.78, 5) is 0. The molecule has 0 N–H and O–H groups in total. The maximum absolute atomic E-state index is 6.08. The molecule has 0 saturated carbocycles. The van der Waals surface area contributed by atoms with Crippen molar-refractivity contribution in [2.24, 2.45) is 0 Å². The van der Waals surface area contributed by atoms with E-state index in [1.165, 1.54) is 44.1 Å². The van der Waals surface area contributed by atoms with Gasteiger partial charge in [-0.25, -0.2) is 0 Å². The Hall–Kier alpha value is 0.451. The van der Waals surface area contributed by atoms with E-state index in [4.69, 9.17) is 17.7 Å². The first-order valence-corrected chi connectivity index (χ1v) is 20.2. The summed E-state index contributed by atoms with van der Waals surface area (Å²) in [6.45, 7) is 25.4. The SMILES string of the molecule is CCO[Si](C)(CCCN(CCC[Si](C)(OCC)OCC)[Si](CC)(CC)CC)OCC. The fraction of sp³-hybridized carbons (Fsp3) is 1.00. The normalized spacial score (nSPS) is 13.4. The van der Waals surface area contributed by atoms with Gasteiger partial charge in [-0.3, -0.25) is 0 Å². The Morgan fingerprint density at radius 3 is 1.07 bits per heavy atom. The van der Waals surface area contributed by atoms with Gasteiger partial charge < -0.3 is 22.3 Å². The maximum atomic E-state index is 6.08. The van der Waals surface area contributed by atoms with Gasteiger partial charge in [0.25, 0.3) is 0 Å². The summed E-state index contributed by atoms with van der Waals surface area (Å²) in [5, 5.41) is 0. The molecule has 0 aliphatic rings. The topological polar surface area (TPSA) is 40.2 Å². The standard InChI is InChI=1S/C22H53NO4Si3/c1-10-24-28(8,25-11-2)21-17-19-23(30(14-5,15-6)16-7)20-18-22-29(9,26-12-3)27-13-4/h10-22H2,1-9H3. The van der Waals surface area contributed by atoms with Crippen LogP contribution in [0, 0.1) is 0 Å². The van der Waals surface area contributed by atoms with Crippen LogP contribution >= 0.6 is 0 Å². The summed E-state index contributed by atoms with van der Waals surface area (Å²) in [5.74, 6) is 0. The van der Waals surface area contributed by atoms with Crippen LogP contribution in [0.5, 0.6) is 0 Å². The lowest BCUT2D eigenvalue weighted by Crippen LogP contribution is -2.53. The van der Waals surface area contributed by atoms with Crippen LogP contribution in [0.15, 0.2) is 0 Å². The molecule has 0 rings (SSSR count). The molecule has 0 heterocycles. The van der Waals surface area contributed by atoms with Gasteiger partial charge in [0.2, 0.25) is 0 Å². The second-order valence-electron chi connectivity index (χ2n) is 8.48. The molecule has 0 aromatic carbocycles. The Morgan fingerprint density at radius 1 is 0.533 bits per heavy atom. The second kappa shape index (κ2) is 16.1. The minimum absolute atomic E-state index is 0.752. The summed E-state index contributed by atoms with van der Waals surface area (Å²) in [6.07, 6.45) is 2.34. The molecule has 0 aromatic heterocycles. The highest BCUT2D eigenvalue weighted by Crippen LogP contribution is 2.28. The van der Waals surface area contributed by atoms with Crippen LogP contribution in [-0.4, -0.2) is 69.4 Å². The number of hydrogen-bond acceptors (Lipinski definition) is 5. The molecule has 0 spiro atoms. The molecule has 30 heavy (non-hydrogen) atoms. The zero-order valence-electron chi connectivity index (χ0n) is 21.8. The van der Waals surface area contributed by atoms with Crippen molar-refractivity contribution in [2.45, 2.75) is 105 Å². The van der Waals surface area contributed by atoms with E-state index in [2.05, 4.69) is 66.1 Å². The lowest BCUT2D eigenvalue weighted by Gasteiger charge is -2.42. The molecule has 0 saturated heterocycles. The maximum Gasteiger partial charge on any atom is 0.334 e. The molecule has 0 fully saturated rings. The zero-order valence-corrected chi connectivity index (χ0v) is 24.8. The largest absolute Gasteiger partial charge is 0.395 e. The van der Waals surface area contributed by atoms with Crippen LogP contribution in [0.1, 0.15) is 61.3 Å². The van der Waals surface area contributed by atoms with E-state index in [-0.39, 0.29) is 0 Å². The number of nitrogens with zero attached hydrogens (tertiary/aromatic N) is 1. The van der Waals surface area contributed by atoms with E-state index in [9.17, 15) is 0 Å². The van der Waals surface area contributed by atoms with Crippen LogP contribution in [-0.2, 0) is 17.7 Å². The van der Waals surface area contributed by atoms with Gasteiger partial charge in [-0.2, -0.15) is 0 Å². The van der Waals surface area contributed by atoms with E-state index in [0.717, 1.165) is 38.5 Å². The predicted octanol–water partition coefficient (Wildman–Crippen LogP) is 6.36. The van der Waals surface area contributed by atoms with Gasteiger partial charge in [0.05, 0.1) is 0 Å². The minimum Gasteiger partial charge on any atom is -0.395 e.